The van der Waals surface area contributed by atoms with Crippen molar-refractivity contribution in [3.8, 4) is 0 Å². The van der Waals surface area contributed by atoms with Crippen molar-refractivity contribution >= 4 is 5.97 Å². The third kappa shape index (κ3) is 3.66. The molecule has 1 fully saturated rings. The van der Waals surface area contributed by atoms with Crippen molar-refractivity contribution in [3.05, 3.63) is 0 Å². The van der Waals surface area contributed by atoms with Gasteiger partial charge < -0.3 is 10.2 Å². The summed E-state index contributed by atoms with van der Waals surface area (Å²) in [5, 5.41) is 18.0. The highest BCUT2D eigenvalue weighted by molar-refractivity contribution is 5.69. The Morgan fingerprint density at radius 1 is 1.36 bits per heavy atom. The van der Waals surface area contributed by atoms with E-state index in [0.29, 0.717) is 5.92 Å². The van der Waals surface area contributed by atoms with Crippen LogP contribution in [0.15, 0.2) is 0 Å². The van der Waals surface area contributed by atoms with Gasteiger partial charge in [0.2, 0.25) is 0 Å². The smallest absolute Gasteiger partial charge is 0.306 e. The lowest BCUT2D eigenvalue weighted by Gasteiger charge is -2.25. The molecule has 0 aromatic carbocycles. The molecular formula is C11H20O3. The molecule has 3 nitrogen and oxygen atoms in total. The number of aliphatic carboxylic acids is 1. The third-order valence-electron chi connectivity index (χ3n) is 3.25. The van der Waals surface area contributed by atoms with Crippen molar-refractivity contribution < 1.29 is 15.0 Å². The first-order chi connectivity index (χ1) is 6.59. The second-order valence-corrected chi connectivity index (χ2v) is 4.49. The highest BCUT2D eigenvalue weighted by Gasteiger charge is 2.20. The number of rotatable bonds is 4. The van der Waals surface area contributed by atoms with Crippen LogP contribution in [0, 0.1) is 11.8 Å². The summed E-state index contributed by atoms with van der Waals surface area (Å²) >= 11 is 0. The Morgan fingerprint density at radius 2 is 1.93 bits per heavy atom. The highest BCUT2D eigenvalue weighted by Crippen LogP contribution is 2.28. The van der Waals surface area contributed by atoms with Crippen LogP contribution < -0.4 is 0 Å². The Balaban J connectivity index is 2.16. The van der Waals surface area contributed by atoms with Gasteiger partial charge in [-0.05, 0) is 44.4 Å². The Bertz CT molecular complexity index is 183. The second-order valence-electron chi connectivity index (χ2n) is 4.49. The Hall–Kier alpha value is -0.570. The quantitative estimate of drug-likeness (QED) is 0.730. The summed E-state index contributed by atoms with van der Waals surface area (Å²) in [5.41, 5.74) is 0. The van der Waals surface area contributed by atoms with Crippen LogP contribution in [0.3, 0.4) is 0 Å². The minimum Gasteiger partial charge on any atom is -0.481 e. The van der Waals surface area contributed by atoms with Crippen molar-refractivity contribution in [2.24, 2.45) is 11.8 Å². The summed E-state index contributed by atoms with van der Waals surface area (Å²) in [6.07, 6.45) is 5.58. The lowest BCUT2D eigenvalue weighted by Crippen LogP contribution is -2.19. The Labute approximate surface area is 85.1 Å². The molecule has 1 atom stereocenters. The maximum atomic E-state index is 10.6. The molecule has 1 aliphatic rings. The van der Waals surface area contributed by atoms with Crippen LogP contribution >= 0.6 is 0 Å². The van der Waals surface area contributed by atoms with Crippen LogP contribution in [-0.4, -0.2) is 22.3 Å². The molecule has 1 unspecified atom stereocenters. The van der Waals surface area contributed by atoms with E-state index in [4.69, 9.17) is 5.11 Å². The van der Waals surface area contributed by atoms with Gasteiger partial charge >= 0.3 is 5.97 Å². The number of aliphatic hydroxyl groups is 1. The van der Waals surface area contributed by atoms with Gasteiger partial charge in [0, 0.05) is 0 Å². The minimum absolute atomic E-state index is 0.108. The molecule has 2 N–H and O–H groups in total. The molecular weight excluding hydrogens is 180 g/mol. The number of carboxylic acid groups (broad SMARTS) is 1. The minimum atomic E-state index is -0.694. The van der Waals surface area contributed by atoms with Crippen LogP contribution in [0.25, 0.3) is 0 Å². The molecule has 0 radical (unpaired) electrons. The molecule has 0 aromatic heterocycles. The lowest BCUT2D eigenvalue weighted by atomic mass is 9.83. The second kappa shape index (κ2) is 5.35. The molecule has 1 saturated carbocycles. The summed E-state index contributed by atoms with van der Waals surface area (Å²) in [7, 11) is 0. The van der Waals surface area contributed by atoms with Gasteiger partial charge in [0.25, 0.3) is 0 Å². The van der Waals surface area contributed by atoms with Gasteiger partial charge in [0.15, 0.2) is 0 Å². The van der Waals surface area contributed by atoms with Crippen LogP contribution in [-0.2, 0) is 4.79 Å². The van der Waals surface area contributed by atoms with E-state index in [1.54, 1.807) is 6.92 Å². The SMILES string of the molecule is CC(CCC1CCC(O)CC1)C(=O)O. The van der Waals surface area contributed by atoms with Gasteiger partial charge in [-0.15, -0.1) is 0 Å². The van der Waals surface area contributed by atoms with Crippen LogP contribution in [0.1, 0.15) is 45.4 Å². The topological polar surface area (TPSA) is 57.5 Å². The molecule has 0 amide bonds. The molecule has 0 aliphatic heterocycles. The van der Waals surface area contributed by atoms with Gasteiger partial charge in [-0.1, -0.05) is 6.92 Å². The predicted octanol–water partition coefficient (Wildman–Crippen LogP) is 2.04. The lowest BCUT2D eigenvalue weighted by molar-refractivity contribution is -0.141. The van der Waals surface area contributed by atoms with E-state index in [-0.39, 0.29) is 12.0 Å². The maximum Gasteiger partial charge on any atom is 0.306 e. The molecule has 0 heterocycles. The first kappa shape index (κ1) is 11.5. The van der Waals surface area contributed by atoms with E-state index in [1.165, 1.54) is 0 Å². The van der Waals surface area contributed by atoms with Crippen molar-refractivity contribution in [1.29, 1.82) is 0 Å². The van der Waals surface area contributed by atoms with Crippen molar-refractivity contribution in [1.82, 2.24) is 0 Å². The number of hydrogen-bond donors (Lipinski definition) is 2. The van der Waals surface area contributed by atoms with Crippen LogP contribution in [0.2, 0.25) is 0 Å². The zero-order valence-corrected chi connectivity index (χ0v) is 8.78. The van der Waals surface area contributed by atoms with E-state index in [9.17, 15) is 9.90 Å². The van der Waals surface area contributed by atoms with Crippen molar-refractivity contribution in [2.45, 2.75) is 51.6 Å². The van der Waals surface area contributed by atoms with Gasteiger partial charge in [0.05, 0.1) is 12.0 Å². The normalized spacial score (nSPS) is 29.9. The average Bonchev–Trinajstić information content (AvgIpc) is 2.16. The standard InChI is InChI=1S/C11H20O3/c1-8(11(13)14)2-3-9-4-6-10(12)7-5-9/h8-10,12H,2-7H2,1H3,(H,13,14). The highest BCUT2D eigenvalue weighted by atomic mass is 16.4. The summed E-state index contributed by atoms with van der Waals surface area (Å²) < 4.78 is 0. The van der Waals surface area contributed by atoms with Gasteiger partial charge in [-0.3, -0.25) is 4.79 Å². The average molecular weight is 200 g/mol. The molecule has 14 heavy (non-hydrogen) atoms. The van der Waals surface area contributed by atoms with Crippen LogP contribution in [0.4, 0.5) is 0 Å². The Morgan fingerprint density at radius 3 is 2.43 bits per heavy atom. The zero-order valence-electron chi connectivity index (χ0n) is 8.78. The van der Waals surface area contributed by atoms with Crippen molar-refractivity contribution in [3.63, 3.8) is 0 Å². The summed E-state index contributed by atoms with van der Waals surface area (Å²) in [6.45, 7) is 1.76. The molecule has 0 spiro atoms. The molecule has 1 rings (SSSR count). The predicted molar refractivity (Wildman–Crippen MR) is 54.0 cm³/mol. The summed E-state index contributed by atoms with van der Waals surface area (Å²) in [4.78, 5) is 10.6. The largest absolute Gasteiger partial charge is 0.481 e. The zero-order chi connectivity index (χ0) is 10.6. The van der Waals surface area contributed by atoms with Crippen LogP contribution in [0.5, 0.6) is 0 Å². The molecule has 0 bridgehead atoms. The van der Waals surface area contributed by atoms with E-state index in [1.807, 2.05) is 0 Å². The van der Waals surface area contributed by atoms with Gasteiger partial charge in [0.1, 0.15) is 0 Å². The molecule has 0 aromatic rings. The van der Waals surface area contributed by atoms with E-state index >= 15 is 0 Å². The fraction of sp³-hybridized carbons (Fsp3) is 0.909. The Kier molecular flexibility index (Phi) is 4.39. The fourth-order valence-electron chi connectivity index (χ4n) is 2.04. The van der Waals surface area contributed by atoms with E-state index < -0.39 is 5.97 Å². The van der Waals surface area contributed by atoms with Crippen molar-refractivity contribution in [2.75, 3.05) is 0 Å². The van der Waals surface area contributed by atoms with Gasteiger partial charge in [-0.25, -0.2) is 0 Å². The fourth-order valence-corrected chi connectivity index (χ4v) is 2.04. The maximum absolute atomic E-state index is 10.6. The first-order valence-corrected chi connectivity index (χ1v) is 5.50. The first-order valence-electron chi connectivity index (χ1n) is 5.50. The monoisotopic (exact) mass is 200 g/mol. The number of hydrogen-bond acceptors (Lipinski definition) is 2. The van der Waals surface area contributed by atoms with Gasteiger partial charge in [-0.2, -0.15) is 0 Å². The number of carbonyl (C=O) groups is 1. The molecule has 0 saturated heterocycles. The summed E-state index contributed by atoms with van der Waals surface area (Å²) in [6, 6.07) is 0. The van der Waals surface area contributed by atoms with E-state index in [0.717, 1.165) is 38.5 Å². The number of carboxylic acids is 1. The molecule has 3 heteroatoms. The van der Waals surface area contributed by atoms with E-state index in [2.05, 4.69) is 0 Å². The molecule has 82 valence electrons. The number of aliphatic hydroxyl groups excluding tert-OH is 1. The molecule has 1 aliphatic carbocycles. The summed E-state index contributed by atoms with van der Waals surface area (Å²) in [5.74, 6) is -0.275. The third-order valence-corrected chi connectivity index (χ3v) is 3.25.